The van der Waals surface area contributed by atoms with Crippen molar-refractivity contribution in [1.82, 2.24) is 0 Å². The van der Waals surface area contributed by atoms with Crippen LogP contribution in [0.25, 0.3) is 0 Å². The highest BCUT2D eigenvalue weighted by Gasteiger charge is 2.12. The molecule has 0 aromatic heterocycles. The zero-order valence-corrected chi connectivity index (χ0v) is 15.3. The molecule has 0 saturated heterocycles. The molecule has 26 heavy (non-hydrogen) atoms. The van der Waals surface area contributed by atoms with E-state index in [9.17, 15) is 4.79 Å². The second kappa shape index (κ2) is 8.75. The Morgan fingerprint density at radius 2 is 1.58 bits per heavy atom. The summed E-state index contributed by atoms with van der Waals surface area (Å²) in [5.74, 6) is 0.388. The molecule has 0 radical (unpaired) electrons. The molecule has 0 N–H and O–H groups in total. The van der Waals surface area contributed by atoms with Crippen LogP contribution in [0.3, 0.4) is 0 Å². The first-order valence-corrected chi connectivity index (χ1v) is 8.78. The van der Waals surface area contributed by atoms with Gasteiger partial charge in [0.2, 0.25) is 0 Å². The van der Waals surface area contributed by atoms with E-state index in [0.717, 1.165) is 11.1 Å². The molecule has 0 aliphatic heterocycles. The van der Waals surface area contributed by atoms with E-state index in [0.29, 0.717) is 28.0 Å². The molecule has 3 nitrogen and oxygen atoms in total. The number of carbonyl (C=O) groups is 1. The normalized spacial score (nSPS) is 10.4. The van der Waals surface area contributed by atoms with Gasteiger partial charge in [0, 0.05) is 17.0 Å². The van der Waals surface area contributed by atoms with Crippen molar-refractivity contribution >= 4 is 29.2 Å². The Morgan fingerprint density at radius 3 is 2.35 bits per heavy atom. The van der Waals surface area contributed by atoms with E-state index < -0.39 is 5.97 Å². The summed E-state index contributed by atoms with van der Waals surface area (Å²) < 4.78 is 10.9. The fourth-order valence-corrected chi connectivity index (χ4v) is 2.84. The molecular weight excluding hydrogens is 371 g/mol. The van der Waals surface area contributed by atoms with Crippen molar-refractivity contribution in [1.29, 1.82) is 0 Å². The Kier molecular flexibility index (Phi) is 6.16. The Hall–Kier alpha value is -2.49. The van der Waals surface area contributed by atoms with Crippen molar-refractivity contribution < 1.29 is 14.3 Å². The molecular formula is C21H16Cl2O3. The van der Waals surface area contributed by atoms with E-state index in [-0.39, 0.29) is 6.61 Å². The molecule has 0 fully saturated rings. The molecule has 3 rings (SSSR count). The molecule has 0 spiro atoms. The highest BCUT2D eigenvalue weighted by atomic mass is 35.5. The molecule has 0 heterocycles. The van der Waals surface area contributed by atoms with Crippen LogP contribution >= 0.6 is 23.2 Å². The zero-order chi connectivity index (χ0) is 18.4. The number of benzene rings is 3. The fourth-order valence-electron chi connectivity index (χ4n) is 2.45. The van der Waals surface area contributed by atoms with Crippen LogP contribution in [0.5, 0.6) is 11.5 Å². The zero-order valence-electron chi connectivity index (χ0n) is 13.8. The van der Waals surface area contributed by atoms with Crippen LogP contribution < -0.4 is 9.47 Å². The van der Waals surface area contributed by atoms with E-state index in [1.54, 1.807) is 42.5 Å². The number of rotatable bonds is 6. The molecule has 0 saturated carbocycles. The first-order chi connectivity index (χ1) is 12.6. The van der Waals surface area contributed by atoms with Gasteiger partial charge in [-0.15, -0.1) is 0 Å². The lowest BCUT2D eigenvalue weighted by Crippen LogP contribution is -2.18. The third-order valence-corrected chi connectivity index (χ3v) is 4.21. The third-order valence-electron chi connectivity index (χ3n) is 3.67. The Morgan fingerprint density at radius 1 is 0.846 bits per heavy atom. The second-order valence-corrected chi connectivity index (χ2v) is 6.45. The largest absolute Gasteiger partial charge is 0.480 e. The number of ether oxygens (including phenoxy) is 2. The van der Waals surface area contributed by atoms with Crippen molar-refractivity contribution in [2.45, 2.75) is 6.42 Å². The molecule has 0 bridgehead atoms. The minimum Gasteiger partial charge on any atom is -0.480 e. The summed E-state index contributed by atoms with van der Waals surface area (Å²) in [7, 11) is 0. The number of esters is 1. The van der Waals surface area contributed by atoms with Crippen LogP contribution in [-0.4, -0.2) is 12.6 Å². The smallest absolute Gasteiger partial charge is 0.349 e. The second-order valence-electron chi connectivity index (χ2n) is 5.61. The van der Waals surface area contributed by atoms with Gasteiger partial charge in [-0.05, 0) is 35.9 Å². The quantitative estimate of drug-likeness (QED) is 0.410. The van der Waals surface area contributed by atoms with Crippen LogP contribution in [0.4, 0.5) is 0 Å². The minimum absolute atomic E-state index is 0.239. The highest BCUT2D eigenvalue weighted by molar-refractivity contribution is 6.32. The fraction of sp³-hybridized carbons (Fsp3) is 0.0952. The van der Waals surface area contributed by atoms with Crippen LogP contribution in [0.1, 0.15) is 11.1 Å². The molecule has 132 valence electrons. The first-order valence-electron chi connectivity index (χ1n) is 8.02. The van der Waals surface area contributed by atoms with Crippen molar-refractivity contribution in [2.75, 3.05) is 6.61 Å². The lowest BCUT2D eigenvalue weighted by atomic mass is 10.0. The van der Waals surface area contributed by atoms with Crippen molar-refractivity contribution in [2.24, 2.45) is 0 Å². The summed E-state index contributed by atoms with van der Waals surface area (Å²) in [6, 6.07) is 22.0. The average Bonchev–Trinajstić information content (AvgIpc) is 2.64. The molecule has 3 aromatic carbocycles. The molecule has 5 heteroatoms. The summed E-state index contributed by atoms with van der Waals surface area (Å²) in [5, 5.41) is 1.03. The van der Waals surface area contributed by atoms with E-state index >= 15 is 0 Å². The van der Waals surface area contributed by atoms with Gasteiger partial charge in [-0.1, -0.05) is 65.7 Å². The number of hydrogen-bond donors (Lipinski definition) is 0. The Balaban J connectivity index is 1.69. The van der Waals surface area contributed by atoms with Gasteiger partial charge in [0.15, 0.2) is 6.61 Å². The van der Waals surface area contributed by atoms with Crippen molar-refractivity contribution in [3.8, 4) is 11.5 Å². The van der Waals surface area contributed by atoms with E-state index in [2.05, 4.69) is 0 Å². The predicted molar refractivity (Wildman–Crippen MR) is 103 cm³/mol. The molecule has 0 amide bonds. The van der Waals surface area contributed by atoms with E-state index in [1.807, 2.05) is 30.3 Å². The van der Waals surface area contributed by atoms with E-state index in [4.69, 9.17) is 32.7 Å². The van der Waals surface area contributed by atoms with Crippen molar-refractivity contribution in [3.63, 3.8) is 0 Å². The van der Waals surface area contributed by atoms with Gasteiger partial charge >= 0.3 is 5.97 Å². The lowest BCUT2D eigenvalue weighted by molar-refractivity contribution is -0.136. The van der Waals surface area contributed by atoms with Gasteiger partial charge in [0.05, 0.1) is 5.02 Å². The SMILES string of the molecule is O=C(COc1ccccc1Cl)Oc1ccc(Cl)cc1Cc1ccccc1. The van der Waals surface area contributed by atoms with Gasteiger partial charge in [0.25, 0.3) is 0 Å². The number of para-hydroxylation sites is 1. The van der Waals surface area contributed by atoms with Gasteiger partial charge in [-0.3, -0.25) is 0 Å². The van der Waals surface area contributed by atoms with Crippen LogP contribution in [0.2, 0.25) is 10.0 Å². The summed E-state index contributed by atoms with van der Waals surface area (Å²) in [4.78, 5) is 12.2. The van der Waals surface area contributed by atoms with Crippen LogP contribution in [0, 0.1) is 0 Å². The Bertz CT molecular complexity index is 895. The molecule has 0 atom stereocenters. The topological polar surface area (TPSA) is 35.5 Å². The van der Waals surface area contributed by atoms with Gasteiger partial charge < -0.3 is 9.47 Å². The maximum absolute atomic E-state index is 12.2. The third kappa shape index (κ3) is 5.01. The van der Waals surface area contributed by atoms with Gasteiger partial charge in [-0.25, -0.2) is 4.79 Å². The predicted octanol–water partition coefficient (Wildman–Crippen LogP) is 5.57. The Labute approximate surface area is 162 Å². The monoisotopic (exact) mass is 386 g/mol. The first kappa shape index (κ1) is 18.3. The number of halogens is 2. The summed E-state index contributed by atoms with van der Waals surface area (Å²) in [5.41, 5.74) is 1.93. The molecule has 0 aliphatic carbocycles. The molecule has 0 aliphatic rings. The minimum atomic E-state index is -0.512. The summed E-state index contributed by atoms with van der Waals surface area (Å²) in [6.07, 6.45) is 0.607. The lowest BCUT2D eigenvalue weighted by Gasteiger charge is -2.12. The summed E-state index contributed by atoms with van der Waals surface area (Å²) >= 11 is 12.1. The van der Waals surface area contributed by atoms with Gasteiger partial charge in [-0.2, -0.15) is 0 Å². The van der Waals surface area contributed by atoms with Gasteiger partial charge in [0.1, 0.15) is 11.5 Å². The number of hydrogen-bond acceptors (Lipinski definition) is 3. The van der Waals surface area contributed by atoms with E-state index in [1.165, 1.54) is 0 Å². The summed E-state index contributed by atoms with van der Waals surface area (Å²) in [6.45, 7) is -0.239. The maximum atomic E-state index is 12.2. The standard InChI is InChI=1S/C21H16Cl2O3/c22-17-10-11-19(16(13-17)12-15-6-2-1-3-7-15)26-21(24)14-25-20-9-5-4-8-18(20)23/h1-11,13H,12,14H2. The highest BCUT2D eigenvalue weighted by Crippen LogP contribution is 2.26. The van der Waals surface area contributed by atoms with Crippen LogP contribution in [-0.2, 0) is 11.2 Å². The average molecular weight is 387 g/mol. The molecule has 3 aromatic rings. The number of carbonyl (C=O) groups excluding carboxylic acids is 1. The van der Waals surface area contributed by atoms with Crippen molar-refractivity contribution in [3.05, 3.63) is 94.0 Å². The molecule has 0 unspecified atom stereocenters. The van der Waals surface area contributed by atoms with Crippen LogP contribution in [0.15, 0.2) is 72.8 Å². The maximum Gasteiger partial charge on any atom is 0.349 e.